The fourth-order valence-electron chi connectivity index (χ4n) is 4.59. The van der Waals surface area contributed by atoms with E-state index in [2.05, 4.69) is 15.2 Å². The normalized spacial score (nSPS) is 17.5. The molecule has 37 heavy (non-hydrogen) atoms. The van der Waals surface area contributed by atoms with Crippen molar-refractivity contribution in [3.63, 3.8) is 0 Å². The number of hydroxylamine groups is 2. The molecule has 190 valence electrons. The number of nitrogens with zero attached hydrogens (tertiary/aromatic N) is 6. The Morgan fingerprint density at radius 1 is 1.03 bits per heavy atom. The van der Waals surface area contributed by atoms with Gasteiger partial charge >= 0.3 is 0 Å². The van der Waals surface area contributed by atoms with E-state index in [1.807, 2.05) is 60.4 Å². The van der Waals surface area contributed by atoms with Crippen molar-refractivity contribution in [2.45, 2.75) is 31.7 Å². The molecular weight excluding hydrogens is 472 g/mol. The van der Waals surface area contributed by atoms with Crippen LogP contribution in [0.2, 0.25) is 0 Å². The Morgan fingerprint density at radius 2 is 1.73 bits per heavy atom. The molecule has 2 aromatic heterocycles. The summed E-state index contributed by atoms with van der Waals surface area (Å²) in [5.74, 6) is 0.117. The van der Waals surface area contributed by atoms with Crippen LogP contribution in [0.5, 0.6) is 0 Å². The van der Waals surface area contributed by atoms with E-state index in [9.17, 15) is 9.59 Å². The third-order valence-electron chi connectivity index (χ3n) is 6.70. The molecule has 5 rings (SSSR count). The summed E-state index contributed by atoms with van der Waals surface area (Å²) in [7, 11) is 2.95. The number of carbonyl (C=O) groups is 2. The lowest BCUT2D eigenvalue weighted by atomic mass is 9.92. The molecule has 2 aromatic carbocycles. The fourth-order valence-corrected chi connectivity index (χ4v) is 4.59. The molecule has 0 saturated carbocycles. The van der Waals surface area contributed by atoms with Crippen LogP contribution in [0, 0.1) is 0 Å². The van der Waals surface area contributed by atoms with Crippen molar-refractivity contribution in [1.29, 1.82) is 0 Å². The van der Waals surface area contributed by atoms with Gasteiger partial charge in [-0.3, -0.25) is 14.4 Å². The van der Waals surface area contributed by atoms with Gasteiger partial charge in [0.25, 0.3) is 11.8 Å². The van der Waals surface area contributed by atoms with Gasteiger partial charge in [-0.25, -0.2) is 10.0 Å². The van der Waals surface area contributed by atoms with Gasteiger partial charge in [0.1, 0.15) is 0 Å². The summed E-state index contributed by atoms with van der Waals surface area (Å²) in [6.45, 7) is 2.44. The zero-order valence-corrected chi connectivity index (χ0v) is 20.9. The summed E-state index contributed by atoms with van der Waals surface area (Å²) in [6, 6.07) is 16.7. The quantitative estimate of drug-likeness (QED) is 0.369. The maximum Gasteiger partial charge on any atom is 0.299 e. The first kappa shape index (κ1) is 24.4. The number of amides is 2. The van der Waals surface area contributed by atoms with Gasteiger partial charge in [0.15, 0.2) is 11.5 Å². The second kappa shape index (κ2) is 10.4. The monoisotopic (exact) mass is 500 g/mol. The van der Waals surface area contributed by atoms with Gasteiger partial charge in [-0.05, 0) is 31.9 Å². The molecule has 10 nitrogen and oxygen atoms in total. The van der Waals surface area contributed by atoms with Gasteiger partial charge in [-0.2, -0.15) is 15.0 Å². The van der Waals surface area contributed by atoms with Crippen LogP contribution in [0.3, 0.4) is 0 Å². The van der Waals surface area contributed by atoms with Crippen molar-refractivity contribution in [2.75, 3.05) is 20.7 Å². The molecule has 0 unspecified atom stereocenters. The summed E-state index contributed by atoms with van der Waals surface area (Å²) < 4.78 is 6.23. The fraction of sp³-hybridized carbons (Fsp3) is 0.296. The summed E-state index contributed by atoms with van der Waals surface area (Å²) in [6.07, 6.45) is 4.69. The van der Waals surface area contributed by atoms with Crippen LogP contribution in [-0.4, -0.2) is 68.5 Å². The molecule has 0 aliphatic carbocycles. The second-order valence-corrected chi connectivity index (χ2v) is 9.00. The van der Waals surface area contributed by atoms with Crippen molar-refractivity contribution in [3.8, 4) is 17.0 Å². The van der Waals surface area contributed by atoms with Crippen molar-refractivity contribution < 1.29 is 18.8 Å². The highest BCUT2D eigenvalue weighted by Crippen LogP contribution is 2.35. The lowest BCUT2D eigenvalue weighted by Crippen LogP contribution is -2.45. The molecule has 1 aliphatic heterocycles. The average Bonchev–Trinajstić information content (AvgIpc) is 3.64. The zero-order valence-electron chi connectivity index (χ0n) is 20.9. The van der Waals surface area contributed by atoms with Crippen LogP contribution in [0.4, 0.5) is 0 Å². The Labute approximate surface area is 214 Å². The average molecular weight is 501 g/mol. The number of hydrogen-bond acceptors (Lipinski definition) is 7. The minimum Gasteiger partial charge on any atom is -0.439 e. The summed E-state index contributed by atoms with van der Waals surface area (Å²) in [5, 5.41) is 9.52. The number of carbonyl (C=O) groups excluding carboxylic acids is 2. The van der Waals surface area contributed by atoms with Crippen LogP contribution < -0.4 is 0 Å². The number of aromatic nitrogens is 4. The van der Waals surface area contributed by atoms with Crippen LogP contribution in [0.15, 0.2) is 71.4 Å². The Balaban J connectivity index is 1.47. The Kier molecular flexibility index (Phi) is 6.82. The number of rotatable bonds is 6. The van der Waals surface area contributed by atoms with Crippen LogP contribution in [0.25, 0.3) is 17.0 Å². The molecule has 0 bridgehead atoms. The van der Waals surface area contributed by atoms with E-state index < -0.39 is 5.91 Å². The number of hydrogen-bond donors (Lipinski definition) is 0. The molecule has 3 heterocycles. The minimum atomic E-state index is -0.408. The minimum absolute atomic E-state index is 0.0201. The highest BCUT2D eigenvalue weighted by atomic mass is 16.7. The van der Waals surface area contributed by atoms with Crippen molar-refractivity contribution in [1.82, 2.24) is 29.9 Å². The molecule has 0 N–H and O–H groups in total. The maximum absolute atomic E-state index is 13.8. The van der Waals surface area contributed by atoms with Crippen molar-refractivity contribution in [2.24, 2.45) is 0 Å². The highest BCUT2D eigenvalue weighted by Gasteiger charge is 2.35. The third-order valence-corrected chi connectivity index (χ3v) is 6.70. The number of piperidine rings is 1. The third kappa shape index (κ3) is 4.75. The maximum atomic E-state index is 13.8. The topological polar surface area (TPSA) is 107 Å². The van der Waals surface area contributed by atoms with E-state index in [4.69, 9.17) is 9.25 Å². The van der Waals surface area contributed by atoms with Gasteiger partial charge < -0.3 is 9.32 Å². The Bertz CT molecular complexity index is 1390. The molecule has 4 aromatic rings. The van der Waals surface area contributed by atoms with E-state index in [1.165, 1.54) is 19.0 Å². The predicted octanol–water partition coefficient (Wildman–Crippen LogP) is 3.96. The summed E-state index contributed by atoms with van der Waals surface area (Å²) in [5.41, 5.74) is 2.05. The Hall–Kier alpha value is -4.31. The summed E-state index contributed by atoms with van der Waals surface area (Å²) >= 11 is 0. The lowest BCUT2D eigenvalue weighted by Gasteiger charge is -2.37. The van der Waals surface area contributed by atoms with Crippen molar-refractivity contribution in [3.05, 3.63) is 84.1 Å². The molecule has 0 radical (unpaired) electrons. The highest BCUT2D eigenvalue weighted by molar-refractivity contribution is 5.98. The number of oxazole rings is 1. The van der Waals surface area contributed by atoms with Crippen molar-refractivity contribution >= 4 is 11.8 Å². The van der Waals surface area contributed by atoms with Crippen LogP contribution >= 0.6 is 0 Å². The SMILES string of the molecule is CON(C)C(=O)c1nc([C@@H]2CC[C@@H](C)N(C(=O)c3ccccc3-n3nccn3)C2)oc1-c1ccccc1. The predicted molar refractivity (Wildman–Crippen MR) is 135 cm³/mol. The van der Waals surface area contributed by atoms with Gasteiger partial charge in [0.2, 0.25) is 5.89 Å². The van der Waals surface area contributed by atoms with Gasteiger partial charge in [0.05, 0.1) is 36.7 Å². The molecule has 1 fully saturated rings. The molecule has 1 aliphatic rings. The van der Waals surface area contributed by atoms with Gasteiger partial charge in [0, 0.05) is 25.2 Å². The largest absolute Gasteiger partial charge is 0.439 e. The van der Waals surface area contributed by atoms with E-state index in [1.54, 1.807) is 18.5 Å². The number of para-hydroxylation sites is 1. The smallest absolute Gasteiger partial charge is 0.299 e. The van der Waals surface area contributed by atoms with E-state index in [0.717, 1.165) is 23.5 Å². The lowest BCUT2D eigenvalue weighted by molar-refractivity contribution is -0.0760. The number of likely N-dealkylation sites (tertiary alicyclic amines) is 1. The standard InChI is InChI=1S/C27H28N6O4/c1-18-13-14-20(17-32(18)26(34)21-11-7-8-12-22(21)33-28-15-16-29-33)25-30-23(27(35)31(2)36-3)24(37-25)19-9-5-4-6-10-19/h4-12,15-16,18,20H,13-14,17H2,1-3H3/t18-,20-/m1/s1. The van der Waals surface area contributed by atoms with Crippen LogP contribution in [-0.2, 0) is 4.84 Å². The molecule has 2 atom stereocenters. The summed E-state index contributed by atoms with van der Waals surface area (Å²) in [4.78, 5) is 39.8. The van der Waals surface area contributed by atoms with Gasteiger partial charge in [-0.15, -0.1) is 0 Å². The zero-order chi connectivity index (χ0) is 25.9. The van der Waals surface area contributed by atoms with E-state index in [-0.39, 0.29) is 23.6 Å². The molecule has 0 spiro atoms. The first-order chi connectivity index (χ1) is 18.0. The van der Waals surface area contributed by atoms with E-state index in [0.29, 0.717) is 29.4 Å². The Morgan fingerprint density at radius 3 is 2.46 bits per heavy atom. The second-order valence-electron chi connectivity index (χ2n) is 9.00. The molecular formula is C27H28N6O4. The first-order valence-corrected chi connectivity index (χ1v) is 12.1. The molecule has 2 amide bonds. The van der Waals surface area contributed by atoms with Crippen LogP contribution in [0.1, 0.15) is 52.4 Å². The van der Waals surface area contributed by atoms with E-state index >= 15 is 0 Å². The molecule has 10 heteroatoms. The first-order valence-electron chi connectivity index (χ1n) is 12.1. The van der Waals surface area contributed by atoms with Gasteiger partial charge in [-0.1, -0.05) is 42.5 Å². The number of benzene rings is 2. The molecule has 1 saturated heterocycles.